The van der Waals surface area contributed by atoms with Gasteiger partial charge in [-0.15, -0.1) is 23.5 Å². The lowest BCUT2D eigenvalue weighted by Gasteiger charge is -2.25. The number of aliphatic imine (C=N–C) groups is 5. The number of non-ortho nitro benzene ring substituents is 1. The van der Waals surface area contributed by atoms with E-state index < -0.39 is 10.9 Å². The average Bonchev–Trinajstić information content (AvgIpc) is 1.60. The number of phenols is 1. The second-order valence-electron chi connectivity index (χ2n) is 41.7. The van der Waals surface area contributed by atoms with Crippen LogP contribution in [-0.4, -0.2) is 70.8 Å². The first kappa shape index (κ1) is 106. The minimum Gasteiger partial charge on any atom is -0.508 e. The van der Waals surface area contributed by atoms with Crippen LogP contribution in [0.15, 0.2) is 218 Å². The number of carboxylic acid groups (broad SMARTS) is 1. The van der Waals surface area contributed by atoms with Crippen molar-refractivity contribution in [2.45, 2.75) is 307 Å². The summed E-state index contributed by atoms with van der Waals surface area (Å²) in [5.41, 5.74) is 27.0. The van der Waals surface area contributed by atoms with E-state index >= 15 is 0 Å². The summed E-state index contributed by atoms with van der Waals surface area (Å²) in [6.07, 6.45) is 5.42. The van der Waals surface area contributed by atoms with E-state index in [9.17, 15) is 20.0 Å². The van der Waals surface area contributed by atoms with Gasteiger partial charge in [0, 0.05) is 84.8 Å². The molecule has 2 aromatic heterocycles. The van der Waals surface area contributed by atoms with E-state index in [1.165, 1.54) is 86.4 Å². The Morgan fingerprint density at radius 1 is 0.438 bits per heavy atom. The summed E-state index contributed by atoms with van der Waals surface area (Å²) < 4.78 is 7.27. The number of aryl methyl sites for hydroxylation is 1. The molecule has 3 N–H and O–H groups in total. The Morgan fingerprint density at radius 2 is 0.792 bits per heavy atom. The molecule has 9 aromatic carbocycles. The summed E-state index contributed by atoms with van der Waals surface area (Å²) in [5, 5.41) is 40.9. The third-order valence-electron chi connectivity index (χ3n) is 22.2. The summed E-state index contributed by atoms with van der Waals surface area (Å²) in [6, 6.07) is 60.4. The number of aromatic nitrogens is 1. The van der Waals surface area contributed by atoms with Gasteiger partial charge in [0.15, 0.2) is 0 Å². The predicted molar refractivity (Wildman–Crippen MR) is 563 cm³/mol. The normalized spacial score (nSPS) is 12.6. The monoisotopic (exact) mass is 1790 g/mol. The molecule has 16 heteroatoms. The number of phenolic OH excluding ortho intramolecular Hbond substituents is 1. The van der Waals surface area contributed by atoms with Crippen LogP contribution in [0, 0.1) is 17.0 Å². The minimum atomic E-state index is -1.06. The zero-order chi connectivity index (χ0) is 97.2. The maximum Gasteiger partial charge on any atom is 0.336 e. The van der Waals surface area contributed by atoms with E-state index in [2.05, 4.69) is 361 Å². The number of hydrogen-bond acceptors (Lipinski definition) is 14. The topological polar surface area (TPSA) is 209 Å². The Morgan fingerprint density at radius 3 is 1.12 bits per heavy atom. The number of furan rings is 1. The molecule has 692 valence electrons. The van der Waals surface area contributed by atoms with Crippen molar-refractivity contribution in [3.63, 3.8) is 0 Å². The Hall–Kier alpha value is -10.8. The van der Waals surface area contributed by atoms with Crippen molar-refractivity contribution in [2.24, 2.45) is 25.0 Å². The number of aliphatic hydroxyl groups is 1. The lowest BCUT2D eigenvalue weighted by molar-refractivity contribution is -0.384. The van der Waals surface area contributed by atoms with Gasteiger partial charge in [0.2, 0.25) is 0 Å². The van der Waals surface area contributed by atoms with Crippen molar-refractivity contribution in [2.75, 3.05) is 0 Å². The fraction of sp³-hybridized carbons (Fsp3) is 0.412. The molecular formula is C114H147N7O7S2. The lowest BCUT2D eigenvalue weighted by Crippen LogP contribution is -2.15. The molecule has 0 aliphatic rings. The van der Waals surface area contributed by atoms with Crippen molar-refractivity contribution >= 4 is 121 Å². The van der Waals surface area contributed by atoms with Crippen LogP contribution < -0.4 is 0 Å². The van der Waals surface area contributed by atoms with Gasteiger partial charge in [-0.3, -0.25) is 40.1 Å². The lowest BCUT2D eigenvalue weighted by atomic mass is 9.81. The molecule has 0 saturated heterocycles. The number of hydrogen-bond donors (Lipinski definition) is 3. The summed E-state index contributed by atoms with van der Waals surface area (Å²) in [4.78, 5) is 50.9. The molecule has 0 saturated carbocycles. The number of aliphatic hydroxyl groups excluding tert-OH is 1. The van der Waals surface area contributed by atoms with Crippen LogP contribution in [-0.2, 0) is 33.2 Å². The molecule has 14 nitrogen and oxygen atoms in total. The highest BCUT2D eigenvalue weighted by Gasteiger charge is 2.27. The number of rotatable bonds is 22. The van der Waals surface area contributed by atoms with Gasteiger partial charge in [0.05, 0.1) is 61.7 Å². The van der Waals surface area contributed by atoms with Crippen LogP contribution in [0.25, 0.3) is 27.7 Å². The number of nitro benzene ring substituents is 1. The van der Waals surface area contributed by atoms with Crippen LogP contribution in [0.1, 0.15) is 362 Å². The van der Waals surface area contributed by atoms with Crippen LogP contribution in [0.5, 0.6) is 5.75 Å². The molecule has 0 unspecified atom stereocenters. The van der Waals surface area contributed by atoms with E-state index in [0.717, 1.165) is 101 Å². The number of carboxylic acids is 1. The summed E-state index contributed by atoms with van der Waals surface area (Å²) in [6.45, 7) is 76.0. The van der Waals surface area contributed by atoms with Crippen LogP contribution in [0.3, 0.4) is 0 Å². The Kier molecular flexibility index (Phi) is 37.1. The third kappa shape index (κ3) is 30.4. The SMILES string of the molecule is C=C(O)c1ccc(C)cc1C(=O)O.CC(=Nc1c(C(C)C)cccc1C(C)C)C(C)=Nc1c(C(C)C)cccc1C(C)C.CC(C)(C)SCc1cccc(CSC(C)(C)C)n1.CC(C)(C)c1ccc(C(C)(C)C)c(N=Cc2cccc3c2oc2c(C=Nc4cc(C(C)(C)C)ccc4C(C)(C)C)cccc23)c1.CC(C)c1cccc(C(C)C)c1N=Cc1cc([N+](=O)[O-])ccc1O. The first-order valence-electron chi connectivity index (χ1n) is 45.6. The molecule has 0 bridgehead atoms. The molecule has 130 heavy (non-hydrogen) atoms. The molecule has 0 spiro atoms. The Balaban J connectivity index is 0.000000237. The molecule has 0 radical (unpaired) electrons. The highest BCUT2D eigenvalue weighted by Crippen LogP contribution is 2.43. The van der Waals surface area contributed by atoms with Gasteiger partial charge in [0.1, 0.15) is 22.7 Å². The smallest absolute Gasteiger partial charge is 0.336 e. The second kappa shape index (κ2) is 45.3. The molecule has 11 aromatic rings. The largest absolute Gasteiger partial charge is 0.508 e. The summed E-state index contributed by atoms with van der Waals surface area (Å²) in [7, 11) is 0. The fourth-order valence-corrected chi connectivity index (χ4v) is 16.0. The van der Waals surface area contributed by atoms with Crippen molar-refractivity contribution in [1.82, 2.24) is 4.98 Å². The first-order chi connectivity index (χ1) is 60.4. The summed E-state index contributed by atoms with van der Waals surface area (Å²) >= 11 is 3.90. The molecule has 0 atom stereocenters. The number of carbonyl (C=O) groups is 1. The molecule has 0 aliphatic carbocycles. The third-order valence-corrected chi connectivity index (χ3v) is 24.8. The van der Waals surface area contributed by atoms with Gasteiger partial charge in [-0.05, 0) is 182 Å². The zero-order valence-electron chi connectivity index (χ0n) is 84.1. The molecule has 0 fully saturated rings. The number of pyridine rings is 1. The average molecular weight is 1790 g/mol. The van der Waals surface area contributed by atoms with E-state index in [0.29, 0.717) is 50.6 Å². The first-order valence-corrected chi connectivity index (χ1v) is 47.6. The van der Waals surface area contributed by atoms with Crippen molar-refractivity contribution in [3.05, 3.63) is 299 Å². The number of nitrogens with zero attached hydrogens (tertiary/aromatic N) is 7. The number of nitro groups is 1. The standard InChI is InChI=1S/C42H50N2O.C28H40N2.C19H22N2O3.C15H25NS2.C10H10O3/c1-39(2,3)29-19-21-33(41(7,8)9)35(23-29)43-25-27-15-13-17-31-32-18-14-16-28(38(32)45-37(27)31)26-44-36-24-30(40(4,5)6)20-22-34(36)42(10,11)12;1-17(2)23-13-11-14-24(18(3)4)27(23)29-21(9)22(10)30-28-25(19(5)6)15-12-16-26(28)20(7)8;1-12(2)16-6-5-7-17(13(3)4)19(16)20-11-14-10-15(21(23)24)8-9-18(14)22;1-14(2,3)17-10-12-8-7-9-13(16-12)11-18-15(4,5)6;1-6-3-4-8(7(2)11)9(5-6)10(12)13/h13-26H,1-12H3;11-20H,1-10H3;5-13,22H,1-4H3;7-9H,10-11H2,1-6H3;3-5,11H,2H2,1H3,(H,12,13). The Labute approximate surface area is 787 Å². The fourth-order valence-electron chi connectivity index (χ4n) is 14.5. The van der Waals surface area contributed by atoms with Gasteiger partial charge >= 0.3 is 5.97 Å². The minimum absolute atomic E-state index is 0.0258. The highest BCUT2D eigenvalue weighted by molar-refractivity contribution is 8.00. The maximum absolute atomic E-state index is 10.9. The van der Waals surface area contributed by atoms with E-state index in [-0.39, 0.29) is 50.0 Å². The number of fused-ring (bicyclic) bond motifs is 3. The number of aromatic carboxylic acids is 1. The van der Waals surface area contributed by atoms with Crippen molar-refractivity contribution in [3.8, 4) is 5.75 Å². The molecule has 2 heterocycles. The number of para-hydroxylation sites is 5. The van der Waals surface area contributed by atoms with Gasteiger partial charge in [-0.2, -0.15) is 0 Å². The van der Waals surface area contributed by atoms with E-state index in [4.69, 9.17) is 39.6 Å². The number of thioether (sulfide) groups is 2. The van der Waals surface area contributed by atoms with Crippen LogP contribution in [0.4, 0.5) is 34.1 Å². The van der Waals surface area contributed by atoms with Crippen molar-refractivity contribution in [1.29, 1.82) is 0 Å². The molecule has 0 amide bonds. The second-order valence-corrected chi connectivity index (χ2v) is 45.3. The summed E-state index contributed by atoms with van der Waals surface area (Å²) in [5.74, 6) is 3.01. The highest BCUT2D eigenvalue weighted by atomic mass is 32.2. The van der Waals surface area contributed by atoms with Gasteiger partial charge in [-0.25, -0.2) is 4.79 Å². The van der Waals surface area contributed by atoms with Gasteiger partial charge in [0.25, 0.3) is 5.69 Å². The quantitative estimate of drug-likeness (QED) is 0.0253. The predicted octanol–water partition coefficient (Wildman–Crippen LogP) is 34.0. The van der Waals surface area contributed by atoms with Gasteiger partial charge < -0.3 is 19.7 Å². The van der Waals surface area contributed by atoms with Crippen LogP contribution >= 0.6 is 23.5 Å². The molecule has 0 aliphatic heterocycles. The number of aromatic hydroxyl groups is 1. The van der Waals surface area contributed by atoms with E-state index in [1.54, 1.807) is 19.1 Å². The maximum atomic E-state index is 10.9. The zero-order valence-corrected chi connectivity index (χ0v) is 85.7. The van der Waals surface area contributed by atoms with Crippen molar-refractivity contribution < 1.29 is 29.5 Å². The number of benzene rings is 9. The Bertz CT molecular complexity index is 5600. The van der Waals surface area contributed by atoms with Crippen LogP contribution in [0.2, 0.25) is 0 Å². The van der Waals surface area contributed by atoms with Gasteiger partial charge in [-0.1, -0.05) is 341 Å². The molecular weight excluding hydrogens is 1640 g/mol. The van der Waals surface area contributed by atoms with E-state index in [1.807, 2.05) is 54.2 Å². The molecule has 11 rings (SSSR count).